The van der Waals surface area contributed by atoms with Gasteiger partial charge >= 0.3 is 18.9 Å². The molecule has 86 valence electrons. The molecule has 0 bridgehead atoms. The molecule has 2 aromatic rings. The van der Waals surface area contributed by atoms with Gasteiger partial charge in [-0.05, 0) is 11.8 Å². The Morgan fingerprint density at radius 2 is 1.28 bits per heavy atom. The van der Waals surface area contributed by atoms with Crippen molar-refractivity contribution in [1.29, 1.82) is 0 Å². The first-order valence-electron chi connectivity index (χ1n) is 6.30. The first-order valence-corrected chi connectivity index (χ1v) is 6.30. The number of hydrogen-bond donors (Lipinski definition) is 0. The molecule has 0 fully saturated rings. The third kappa shape index (κ3) is 2.12. The monoisotopic (exact) mass is 228 g/mol. The Labute approximate surface area is 122 Å². The second-order valence-corrected chi connectivity index (χ2v) is 5.12. The maximum Gasteiger partial charge on any atom is 1.00 e. The summed E-state index contributed by atoms with van der Waals surface area (Å²) in [6, 6.07) is 17.5. The van der Waals surface area contributed by atoms with Crippen molar-refractivity contribution in [3.63, 3.8) is 0 Å². The number of fused-ring (bicyclic) bond motifs is 2. The van der Waals surface area contributed by atoms with Gasteiger partial charge in [0, 0.05) is 0 Å². The van der Waals surface area contributed by atoms with E-state index in [9.17, 15) is 0 Å². The molecule has 0 saturated carbocycles. The molecule has 1 aliphatic rings. The fraction of sp³-hybridized carbons (Fsp3) is 0.235. The standard InChI is InChI=1S/C17H17.Li/c1-12(2)17-15-9-5-3-7-13(15)11-14-8-4-6-10-16(14)17;/h3-12,17H,1-2H3;/q-1;+1. The molecule has 0 unspecified atom stereocenters. The van der Waals surface area contributed by atoms with Gasteiger partial charge in [-0.1, -0.05) is 50.2 Å². The van der Waals surface area contributed by atoms with Crippen LogP contribution < -0.4 is 18.9 Å². The summed E-state index contributed by atoms with van der Waals surface area (Å²) < 4.78 is 0. The number of rotatable bonds is 1. The topological polar surface area (TPSA) is 0 Å². The largest absolute Gasteiger partial charge is 1.00 e. The average Bonchev–Trinajstić information content (AvgIpc) is 2.35. The molecule has 18 heavy (non-hydrogen) atoms. The normalized spacial score (nSPS) is 13.3. The van der Waals surface area contributed by atoms with Crippen LogP contribution in [0.15, 0.2) is 48.5 Å². The first kappa shape index (κ1) is 13.3. The van der Waals surface area contributed by atoms with Crippen molar-refractivity contribution >= 4 is 0 Å². The zero-order valence-corrected chi connectivity index (χ0v) is 11.4. The second-order valence-electron chi connectivity index (χ2n) is 5.12. The van der Waals surface area contributed by atoms with E-state index < -0.39 is 0 Å². The van der Waals surface area contributed by atoms with Crippen LogP contribution >= 0.6 is 0 Å². The minimum absolute atomic E-state index is 0. The second kappa shape index (κ2) is 5.27. The predicted octanol–water partition coefficient (Wildman–Crippen LogP) is 1.39. The van der Waals surface area contributed by atoms with E-state index >= 15 is 0 Å². The molecule has 0 saturated heterocycles. The molecule has 0 atom stereocenters. The predicted molar refractivity (Wildman–Crippen MR) is 72.1 cm³/mol. The first-order chi connectivity index (χ1) is 8.27. The van der Waals surface area contributed by atoms with Crippen molar-refractivity contribution in [2.75, 3.05) is 0 Å². The van der Waals surface area contributed by atoms with Crippen LogP contribution in [0.1, 0.15) is 42.0 Å². The minimum atomic E-state index is 0. The summed E-state index contributed by atoms with van der Waals surface area (Å²) in [5.41, 5.74) is 5.71. The van der Waals surface area contributed by atoms with Crippen LogP contribution in [0.2, 0.25) is 0 Å². The van der Waals surface area contributed by atoms with Crippen LogP contribution in [0.4, 0.5) is 0 Å². The third-order valence-electron chi connectivity index (χ3n) is 3.64. The molecule has 0 nitrogen and oxygen atoms in total. The molecule has 2 aromatic carbocycles. The van der Waals surface area contributed by atoms with Gasteiger partial charge in [-0.15, -0.1) is 40.8 Å². The van der Waals surface area contributed by atoms with Crippen LogP contribution in [0, 0.1) is 12.3 Å². The van der Waals surface area contributed by atoms with Gasteiger partial charge in [0.1, 0.15) is 0 Å². The van der Waals surface area contributed by atoms with Gasteiger partial charge in [-0.25, -0.2) is 0 Å². The van der Waals surface area contributed by atoms with E-state index in [4.69, 9.17) is 0 Å². The van der Waals surface area contributed by atoms with Crippen LogP contribution in [0.5, 0.6) is 0 Å². The van der Waals surface area contributed by atoms with Crippen molar-refractivity contribution in [2.24, 2.45) is 5.92 Å². The SMILES string of the molecule is CC(C)C1c2ccccc2[CH-]c2ccccc21.[Li+]. The molecule has 0 heterocycles. The summed E-state index contributed by atoms with van der Waals surface area (Å²) in [4.78, 5) is 0. The van der Waals surface area contributed by atoms with E-state index in [1.165, 1.54) is 22.3 Å². The van der Waals surface area contributed by atoms with Gasteiger partial charge in [0.25, 0.3) is 0 Å². The zero-order chi connectivity index (χ0) is 11.8. The Bertz CT molecular complexity index is 497. The van der Waals surface area contributed by atoms with E-state index in [1.807, 2.05) is 0 Å². The molecular formula is C17H17Li. The quantitative estimate of drug-likeness (QED) is 0.511. The summed E-state index contributed by atoms with van der Waals surface area (Å²) in [7, 11) is 0. The molecule has 0 N–H and O–H groups in total. The molecule has 0 aromatic heterocycles. The Morgan fingerprint density at radius 1 is 0.833 bits per heavy atom. The molecule has 0 radical (unpaired) electrons. The Balaban J connectivity index is 0.00000120. The summed E-state index contributed by atoms with van der Waals surface area (Å²) in [6.07, 6.45) is 2.31. The molecule has 1 heteroatoms. The van der Waals surface area contributed by atoms with Crippen molar-refractivity contribution in [2.45, 2.75) is 19.8 Å². The number of benzene rings is 2. The van der Waals surface area contributed by atoms with Gasteiger partial charge in [0.05, 0.1) is 0 Å². The van der Waals surface area contributed by atoms with Gasteiger partial charge < -0.3 is 0 Å². The van der Waals surface area contributed by atoms with E-state index in [0.29, 0.717) is 11.8 Å². The molecular weight excluding hydrogens is 211 g/mol. The van der Waals surface area contributed by atoms with E-state index in [0.717, 1.165) is 0 Å². The molecule has 0 aliphatic heterocycles. The maximum atomic E-state index is 2.31. The summed E-state index contributed by atoms with van der Waals surface area (Å²) in [5, 5.41) is 0. The summed E-state index contributed by atoms with van der Waals surface area (Å²) >= 11 is 0. The van der Waals surface area contributed by atoms with Crippen molar-refractivity contribution in [3.8, 4) is 0 Å². The molecule has 0 amide bonds. The smallest absolute Gasteiger partial charge is 0.126 e. The van der Waals surface area contributed by atoms with Crippen LogP contribution in [-0.4, -0.2) is 0 Å². The van der Waals surface area contributed by atoms with Crippen molar-refractivity contribution in [1.82, 2.24) is 0 Å². The van der Waals surface area contributed by atoms with Crippen LogP contribution in [0.25, 0.3) is 0 Å². The summed E-state index contributed by atoms with van der Waals surface area (Å²) in [6.45, 7) is 4.62. The van der Waals surface area contributed by atoms with Gasteiger partial charge in [0.2, 0.25) is 0 Å². The van der Waals surface area contributed by atoms with E-state index in [-0.39, 0.29) is 18.9 Å². The average molecular weight is 228 g/mol. The van der Waals surface area contributed by atoms with E-state index in [2.05, 4.69) is 68.8 Å². The van der Waals surface area contributed by atoms with Crippen LogP contribution in [-0.2, 0) is 0 Å². The fourth-order valence-electron chi connectivity index (χ4n) is 2.90. The number of hydrogen-bond acceptors (Lipinski definition) is 0. The molecule has 0 spiro atoms. The van der Waals surface area contributed by atoms with Gasteiger partial charge in [-0.3, -0.25) is 0 Å². The van der Waals surface area contributed by atoms with Gasteiger partial charge in [0.15, 0.2) is 0 Å². The molecule has 3 rings (SSSR count). The van der Waals surface area contributed by atoms with Crippen molar-refractivity contribution in [3.05, 3.63) is 77.2 Å². The minimum Gasteiger partial charge on any atom is -0.126 e. The summed E-state index contributed by atoms with van der Waals surface area (Å²) in [5.74, 6) is 1.17. The van der Waals surface area contributed by atoms with Gasteiger partial charge in [-0.2, -0.15) is 0 Å². The Morgan fingerprint density at radius 3 is 1.72 bits per heavy atom. The maximum absolute atomic E-state index is 2.31. The molecule has 1 aliphatic carbocycles. The van der Waals surface area contributed by atoms with E-state index in [1.54, 1.807) is 0 Å². The van der Waals surface area contributed by atoms with Crippen molar-refractivity contribution < 1.29 is 18.9 Å². The zero-order valence-electron chi connectivity index (χ0n) is 11.4. The Kier molecular flexibility index (Phi) is 3.90. The van der Waals surface area contributed by atoms with Crippen LogP contribution in [0.3, 0.4) is 0 Å². The Hall–Kier alpha value is -1.09. The fourth-order valence-corrected chi connectivity index (χ4v) is 2.90. The third-order valence-corrected chi connectivity index (χ3v) is 3.64.